The first-order valence-electron chi connectivity index (χ1n) is 8.83. The quantitative estimate of drug-likeness (QED) is 0.803. The Morgan fingerprint density at radius 3 is 2.54 bits per heavy atom. The molecule has 0 saturated carbocycles. The van der Waals surface area contributed by atoms with E-state index in [0.717, 1.165) is 11.1 Å². The normalized spacial score (nSPS) is 18.7. The van der Waals surface area contributed by atoms with Crippen molar-refractivity contribution in [2.45, 2.75) is 31.8 Å². The minimum absolute atomic E-state index is 0.247. The second kappa shape index (κ2) is 7.78. The largest absolute Gasteiger partial charge is 0.494 e. The van der Waals surface area contributed by atoms with Gasteiger partial charge in [0.05, 0.1) is 24.2 Å². The highest BCUT2D eigenvalue weighted by Gasteiger charge is 2.31. The van der Waals surface area contributed by atoms with Gasteiger partial charge < -0.3 is 9.47 Å². The number of rotatable bonds is 5. The Morgan fingerprint density at radius 2 is 1.88 bits per heavy atom. The Labute approximate surface area is 155 Å². The van der Waals surface area contributed by atoms with Gasteiger partial charge in [-0.15, -0.1) is 0 Å². The van der Waals surface area contributed by atoms with E-state index in [-0.39, 0.29) is 6.10 Å². The highest BCUT2D eigenvalue weighted by Crippen LogP contribution is 2.28. The monoisotopic (exact) mass is 375 g/mol. The second-order valence-electron chi connectivity index (χ2n) is 6.49. The van der Waals surface area contributed by atoms with Crippen LogP contribution in [0.2, 0.25) is 0 Å². The summed E-state index contributed by atoms with van der Waals surface area (Å²) < 4.78 is 39.0. The summed E-state index contributed by atoms with van der Waals surface area (Å²) in [6.07, 6.45) is -0.247. The van der Waals surface area contributed by atoms with E-state index in [4.69, 9.17) is 9.47 Å². The maximum absolute atomic E-state index is 13.1. The van der Waals surface area contributed by atoms with E-state index in [9.17, 15) is 8.42 Å². The fourth-order valence-corrected chi connectivity index (χ4v) is 4.59. The Balaban J connectivity index is 1.82. The zero-order valence-corrected chi connectivity index (χ0v) is 16.3. The zero-order chi connectivity index (χ0) is 18.7. The van der Waals surface area contributed by atoms with Crippen LogP contribution in [0.5, 0.6) is 5.75 Å². The Morgan fingerprint density at radius 1 is 1.15 bits per heavy atom. The smallest absolute Gasteiger partial charge is 0.243 e. The van der Waals surface area contributed by atoms with E-state index in [0.29, 0.717) is 36.9 Å². The van der Waals surface area contributed by atoms with Crippen molar-refractivity contribution in [1.29, 1.82) is 0 Å². The van der Waals surface area contributed by atoms with E-state index in [2.05, 4.69) is 0 Å². The lowest BCUT2D eigenvalue weighted by molar-refractivity contribution is -0.00256. The summed E-state index contributed by atoms with van der Waals surface area (Å²) in [5.74, 6) is 0.714. The van der Waals surface area contributed by atoms with Crippen molar-refractivity contribution < 1.29 is 17.9 Å². The molecule has 3 rings (SSSR count). The number of morpholine rings is 1. The molecule has 0 aromatic heterocycles. The molecule has 140 valence electrons. The van der Waals surface area contributed by atoms with Crippen molar-refractivity contribution in [2.24, 2.45) is 0 Å². The minimum Gasteiger partial charge on any atom is -0.494 e. The number of aryl methyl sites for hydroxylation is 2. The molecule has 5 nitrogen and oxygen atoms in total. The van der Waals surface area contributed by atoms with Gasteiger partial charge in [0.1, 0.15) is 5.75 Å². The third-order valence-corrected chi connectivity index (χ3v) is 6.42. The highest BCUT2D eigenvalue weighted by atomic mass is 32.2. The molecule has 1 heterocycles. The summed E-state index contributed by atoms with van der Waals surface area (Å²) in [5.41, 5.74) is 2.98. The number of ether oxygens (including phenoxy) is 2. The Hall–Kier alpha value is -1.89. The maximum atomic E-state index is 13.1. The number of hydrogen-bond acceptors (Lipinski definition) is 4. The van der Waals surface area contributed by atoms with Gasteiger partial charge in [0.2, 0.25) is 10.0 Å². The van der Waals surface area contributed by atoms with Crippen LogP contribution in [-0.2, 0) is 14.8 Å². The SMILES string of the molecule is CCOc1ccc(S(=O)(=O)N2CCOC(c3ccc(C)cc3)C2)cc1C. The predicted molar refractivity (Wildman–Crippen MR) is 101 cm³/mol. The fourth-order valence-electron chi connectivity index (χ4n) is 3.08. The van der Waals surface area contributed by atoms with Crippen molar-refractivity contribution in [3.05, 3.63) is 59.2 Å². The topological polar surface area (TPSA) is 55.8 Å². The van der Waals surface area contributed by atoms with Gasteiger partial charge in [-0.1, -0.05) is 29.8 Å². The van der Waals surface area contributed by atoms with E-state index in [1.807, 2.05) is 45.0 Å². The molecule has 0 spiro atoms. The molecule has 1 fully saturated rings. The lowest BCUT2D eigenvalue weighted by Gasteiger charge is -2.32. The minimum atomic E-state index is -3.57. The maximum Gasteiger partial charge on any atom is 0.243 e. The molecule has 1 aliphatic rings. The average molecular weight is 375 g/mol. The van der Waals surface area contributed by atoms with Crippen LogP contribution < -0.4 is 4.74 Å². The van der Waals surface area contributed by atoms with Crippen LogP contribution in [0.15, 0.2) is 47.4 Å². The first-order valence-corrected chi connectivity index (χ1v) is 10.3. The first-order chi connectivity index (χ1) is 12.4. The van der Waals surface area contributed by atoms with Gasteiger partial charge >= 0.3 is 0 Å². The summed E-state index contributed by atoms with van der Waals surface area (Å²) in [7, 11) is -3.57. The van der Waals surface area contributed by atoms with Gasteiger partial charge in [-0.2, -0.15) is 4.31 Å². The Bertz CT molecular complexity index is 862. The summed E-state index contributed by atoms with van der Waals surface area (Å²) in [4.78, 5) is 0.294. The van der Waals surface area contributed by atoms with Crippen LogP contribution in [-0.4, -0.2) is 39.0 Å². The molecule has 0 bridgehead atoms. The third kappa shape index (κ3) is 3.92. The van der Waals surface area contributed by atoms with Crippen LogP contribution in [0, 0.1) is 13.8 Å². The van der Waals surface area contributed by atoms with E-state index in [1.165, 1.54) is 9.87 Å². The summed E-state index contributed by atoms with van der Waals surface area (Å²) in [6.45, 7) is 7.40. The summed E-state index contributed by atoms with van der Waals surface area (Å²) >= 11 is 0. The van der Waals surface area contributed by atoms with E-state index >= 15 is 0 Å². The molecular formula is C20H25NO4S. The molecule has 0 N–H and O–H groups in total. The molecule has 1 saturated heterocycles. The summed E-state index contributed by atoms with van der Waals surface area (Å²) in [6, 6.07) is 13.0. The third-order valence-electron chi connectivity index (χ3n) is 4.56. The van der Waals surface area contributed by atoms with Gasteiger partial charge in [0, 0.05) is 13.1 Å². The van der Waals surface area contributed by atoms with Crippen LogP contribution in [0.25, 0.3) is 0 Å². The molecule has 0 radical (unpaired) electrons. The number of hydrogen-bond donors (Lipinski definition) is 0. The van der Waals surface area contributed by atoms with Gasteiger partial charge in [0.25, 0.3) is 0 Å². The van der Waals surface area contributed by atoms with E-state index in [1.54, 1.807) is 18.2 Å². The van der Waals surface area contributed by atoms with Crippen molar-refractivity contribution in [3.63, 3.8) is 0 Å². The van der Waals surface area contributed by atoms with Crippen molar-refractivity contribution in [3.8, 4) is 5.75 Å². The molecule has 1 atom stereocenters. The van der Waals surface area contributed by atoms with Crippen LogP contribution in [0.3, 0.4) is 0 Å². The van der Waals surface area contributed by atoms with Crippen LogP contribution in [0.4, 0.5) is 0 Å². The zero-order valence-electron chi connectivity index (χ0n) is 15.4. The predicted octanol–water partition coefficient (Wildman–Crippen LogP) is 3.46. The van der Waals surface area contributed by atoms with Gasteiger partial charge in [-0.3, -0.25) is 0 Å². The van der Waals surface area contributed by atoms with Crippen LogP contribution in [0.1, 0.15) is 29.7 Å². The van der Waals surface area contributed by atoms with Crippen molar-refractivity contribution in [1.82, 2.24) is 4.31 Å². The standard InChI is InChI=1S/C20H25NO4S/c1-4-24-19-10-9-18(13-16(19)3)26(22,23)21-11-12-25-20(14-21)17-7-5-15(2)6-8-17/h5-10,13,20H,4,11-12,14H2,1-3H3. The molecule has 2 aromatic rings. The summed E-state index contributed by atoms with van der Waals surface area (Å²) in [5, 5.41) is 0. The number of sulfonamides is 1. The average Bonchev–Trinajstić information content (AvgIpc) is 2.64. The molecule has 6 heteroatoms. The fraction of sp³-hybridized carbons (Fsp3) is 0.400. The van der Waals surface area contributed by atoms with Gasteiger partial charge in [-0.25, -0.2) is 8.42 Å². The lowest BCUT2D eigenvalue weighted by Crippen LogP contribution is -2.42. The molecule has 1 unspecified atom stereocenters. The molecule has 26 heavy (non-hydrogen) atoms. The molecule has 1 aliphatic heterocycles. The van der Waals surface area contributed by atoms with E-state index < -0.39 is 10.0 Å². The van der Waals surface area contributed by atoms with Crippen molar-refractivity contribution in [2.75, 3.05) is 26.3 Å². The first kappa shape index (κ1) is 18.9. The van der Waals surface area contributed by atoms with Gasteiger partial charge in [0.15, 0.2) is 0 Å². The Kier molecular flexibility index (Phi) is 5.65. The highest BCUT2D eigenvalue weighted by molar-refractivity contribution is 7.89. The molecular weight excluding hydrogens is 350 g/mol. The van der Waals surface area contributed by atoms with Crippen molar-refractivity contribution >= 4 is 10.0 Å². The molecule has 2 aromatic carbocycles. The van der Waals surface area contributed by atoms with Gasteiger partial charge in [-0.05, 0) is 50.1 Å². The van der Waals surface area contributed by atoms with Crippen LogP contribution >= 0.6 is 0 Å². The lowest BCUT2D eigenvalue weighted by atomic mass is 10.1. The molecule has 0 aliphatic carbocycles. The number of nitrogens with zero attached hydrogens (tertiary/aromatic N) is 1. The number of benzene rings is 2. The second-order valence-corrected chi connectivity index (χ2v) is 8.43. The molecule has 0 amide bonds.